The zero-order valence-electron chi connectivity index (χ0n) is 14.4. The van der Waals surface area contributed by atoms with E-state index in [0.29, 0.717) is 41.0 Å². The van der Waals surface area contributed by atoms with Crippen LogP contribution in [-0.4, -0.2) is 25.0 Å². The average Bonchev–Trinajstić information content (AvgIpc) is 2.62. The molecule has 5 nitrogen and oxygen atoms in total. The maximum Gasteiger partial charge on any atom is 0.255 e. The Morgan fingerprint density at radius 2 is 1.96 bits per heavy atom. The summed E-state index contributed by atoms with van der Waals surface area (Å²) in [5.41, 5.74) is 0.972. The highest BCUT2D eigenvalue weighted by Gasteiger charge is 2.12. The predicted molar refractivity (Wildman–Crippen MR) is 102 cm³/mol. The summed E-state index contributed by atoms with van der Waals surface area (Å²) >= 11 is 3.20. The van der Waals surface area contributed by atoms with Crippen molar-refractivity contribution in [2.75, 3.05) is 18.5 Å². The number of carbonyl (C=O) groups excluding carboxylic acids is 2. The van der Waals surface area contributed by atoms with Gasteiger partial charge in [-0.3, -0.25) is 9.59 Å². The van der Waals surface area contributed by atoms with Gasteiger partial charge in [0.05, 0.1) is 17.9 Å². The standard InChI is InChI=1S/C19H20BrFN2O3/c1-2-26-17-7-4-3-6-14(17)19(25)22-11-5-8-18(24)23-16-10-9-13(21)12-15(16)20/h3-4,6-7,9-10,12H,2,5,8,11H2,1H3,(H,22,25)(H,23,24). The summed E-state index contributed by atoms with van der Waals surface area (Å²) in [5.74, 6) is -0.298. The molecule has 2 aromatic rings. The number of hydrogen-bond donors (Lipinski definition) is 2. The molecular weight excluding hydrogens is 403 g/mol. The average molecular weight is 423 g/mol. The molecule has 0 fully saturated rings. The van der Waals surface area contributed by atoms with Gasteiger partial charge in [-0.1, -0.05) is 12.1 Å². The lowest BCUT2D eigenvalue weighted by atomic mass is 10.2. The molecule has 0 saturated heterocycles. The maximum atomic E-state index is 13.0. The Morgan fingerprint density at radius 1 is 1.19 bits per heavy atom. The van der Waals surface area contributed by atoms with Gasteiger partial charge in [-0.15, -0.1) is 0 Å². The minimum Gasteiger partial charge on any atom is -0.493 e. The number of benzene rings is 2. The van der Waals surface area contributed by atoms with E-state index in [1.807, 2.05) is 6.92 Å². The number of nitrogens with one attached hydrogen (secondary N) is 2. The molecule has 2 aromatic carbocycles. The summed E-state index contributed by atoms with van der Waals surface area (Å²) in [6.45, 7) is 2.69. The van der Waals surface area contributed by atoms with E-state index in [2.05, 4.69) is 26.6 Å². The number of anilines is 1. The van der Waals surface area contributed by atoms with Crippen molar-refractivity contribution in [3.63, 3.8) is 0 Å². The van der Waals surface area contributed by atoms with Crippen LogP contribution in [0, 0.1) is 5.82 Å². The third-order valence-electron chi connectivity index (χ3n) is 3.50. The minimum atomic E-state index is -0.384. The van der Waals surface area contributed by atoms with Crippen LogP contribution in [0.2, 0.25) is 0 Å². The molecule has 2 amide bonds. The van der Waals surface area contributed by atoms with Crippen LogP contribution < -0.4 is 15.4 Å². The first-order valence-electron chi connectivity index (χ1n) is 8.26. The predicted octanol–water partition coefficient (Wildman–Crippen LogP) is 4.14. The van der Waals surface area contributed by atoms with E-state index in [9.17, 15) is 14.0 Å². The first kappa shape index (κ1) is 19.9. The highest BCUT2D eigenvalue weighted by Crippen LogP contribution is 2.23. The van der Waals surface area contributed by atoms with Gasteiger partial charge in [-0.25, -0.2) is 4.39 Å². The molecule has 0 aliphatic carbocycles. The lowest BCUT2D eigenvalue weighted by molar-refractivity contribution is -0.116. The van der Waals surface area contributed by atoms with Gasteiger partial charge in [0.2, 0.25) is 5.91 Å². The molecule has 2 rings (SSSR count). The van der Waals surface area contributed by atoms with Gasteiger partial charge in [0.15, 0.2) is 0 Å². The zero-order valence-corrected chi connectivity index (χ0v) is 15.9. The van der Waals surface area contributed by atoms with Gasteiger partial charge in [-0.05, 0) is 59.6 Å². The monoisotopic (exact) mass is 422 g/mol. The summed E-state index contributed by atoms with van der Waals surface area (Å²) in [4.78, 5) is 24.2. The summed E-state index contributed by atoms with van der Waals surface area (Å²) in [5, 5.41) is 5.48. The Labute approximate surface area is 160 Å². The number of rotatable bonds is 8. The third-order valence-corrected chi connectivity index (χ3v) is 4.16. The first-order valence-corrected chi connectivity index (χ1v) is 9.05. The molecule has 0 heterocycles. The van der Waals surface area contributed by atoms with Gasteiger partial charge in [0, 0.05) is 17.4 Å². The fraction of sp³-hybridized carbons (Fsp3) is 0.263. The fourth-order valence-electron chi connectivity index (χ4n) is 2.29. The van der Waals surface area contributed by atoms with Crippen LogP contribution in [0.3, 0.4) is 0 Å². The van der Waals surface area contributed by atoms with Gasteiger partial charge < -0.3 is 15.4 Å². The van der Waals surface area contributed by atoms with Crippen molar-refractivity contribution in [2.24, 2.45) is 0 Å². The molecular formula is C19H20BrFN2O3. The van der Waals surface area contributed by atoms with Crippen LogP contribution >= 0.6 is 15.9 Å². The molecule has 7 heteroatoms. The second-order valence-electron chi connectivity index (χ2n) is 5.46. The van der Waals surface area contributed by atoms with Crippen LogP contribution in [0.5, 0.6) is 5.75 Å². The first-order chi connectivity index (χ1) is 12.5. The largest absolute Gasteiger partial charge is 0.493 e. The van der Waals surface area contributed by atoms with Crippen molar-refractivity contribution in [1.82, 2.24) is 5.32 Å². The Kier molecular flexibility index (Phi) is 7.59. The highest BCUT2D eigenvalue weighted by molar-refractivity contribution is 9.10. The van der Waals surface area contributed by atoms with E-state index in [1.54, 1.807) is 24.3 Å². The second kappa shape index (κ2) is 9.91. The third kappa shape index (κ3) is 5.84. The van der Waals surface area contributed by atoms with E-state index >= 15 is 0 Å². The Morgan fingerprint density at radius 3 is 2.69 bits per heavy atom. The molecule has 0 unspecified atom stereocenters. The van der Waals surface area contributed by atoms with E-state index in [1.165, 1.54) is 18.2 Å². The smallest absolute Gasteiger partial charge is 0.255 e. The van der Waals surface area contributed by atoms with Gasteiger partial charge in [-0.2, -0.15) is 0 Å². The normalized spacial score (nSPS) is 10.3. The molecule has 0 atom stereocenters. The van der Waals surface area contributed by atoms with Crippen molar-refractivity contribution < 1.29 is 18.7 Å². The van der Waals surface area contributed by atoms with Crippen molar-refractivity contribution in [1.29, 1.82) is 0 Å². The number of ether oxygens (including phenoxy) is 1. The zero-order chi connectivity index (χ0) is 18.9. The minimum absolute atomic E-state index is 0.207. The van der Waals surface area contributed by atoms with Crippen LogP contribution in [0.25, 0.3) is 0 Å². The summed E-state index contributed by atoms with van der Waals surface area (Å²) in [6.07, 6.45) is 0.713. The van der Waals surface area contributed by atoms with Crippen molar-refractivity contribution in [2.45, 2.75) is 19.8 Å². The van der Waals surface area contributed by atoms with Crippen molar-refractivity contribution >= 4 is 33.4 Å². The maximum absolute atomic E-state index is 13.0. The van der Waals surface area contributed by atoms with Gasteiger partial charge in [0.25, 0.3) is 5.91 Å². The molecule has 138 valence electrons. The second-order valence-corrected chi connectivity index (χ2v) is 6.32. The van der Waals surface area contributed by atoms with E-state index in [4.69, 9.17) is 4.74 Å². The van der Waals surface area contributed by atoms with Crippen molar-refractivity contribution in [3.05, 3.63) is 58.3 Å². The SMILES string of the molecule is CCOc1ccccc1C(=O)NCCCC(=O)Nc1ccc(F)cc1Br. The molecule has 0 aliphatic heterocycles. The highest BCUT2D eigenvalue weighted by atomic mass is 79.9. The molecule has 0 spiro atoms. The fourth-order valence-corrected chi connectivity index (χ4v) is 2.74. The summed E-state index contributed by atoms with van der Waals surface area (Å²) in [6, 6.07) is 11.1. The van der Waals surface area contributed by atoms with Crippen LogP contribution in [0.4, 0.5) is 10.1 Å². The number of carbonyl (C=O) groups is 2. The molecule has 0 aromatic heterocycles. The number of para-hydroxylation sites is 1. The quantitative estimate of drug-likeness (QED) is 0.628. The Bertz CT molecular complexity index is 783. The number of hydrogen-bond acceptors (Lipinski definition) is 3. The molecule has 26 heavy (non-hydrogen) atoms. The topological polar surface area (TPSA) is 67.4 Å². The van der Waals surface area contributed by atoms with E-state index in [-0.39, 0.29) is 24.1 Å². The van der Waals surface area contributed by atoms with Crippen LogP contribution in [-0.2, 0) is 4.79 Å². The van der Waals surface area contributed by atoms with E-state index < -0.39 is 0 Å². The molecule has 2 N–H and O–H groups in total. The number of halogens is 2. The van der Waals surface area contributed by atoms with E-state index in [0.717, 1.165) is 0 Å². The Balaban J connectivity index is 1.78. The van der Waals surface area contributed by atoms with Crippen molar-refractivity contribution in [3.8, 4) is 5.75 Å². The van der Waals surface area contributed by atoms with Gasteiger partial charge in [0.1, 0.15) is 11.6 Å². The molecule has 0 radical (unpaired) electrons. The molecule has 0 aliphatic rings. The van der Waals surface area contributed by atoms with Gasteiger partial charge >= 0.3 is 0 Å². The summed E-state index contributed by atoms with van der Waals surface area (Å²) in [7, 11) is 0. The lowest BCUT2D eigenvalue weighted by Crippen LogP contribution is -2.26. The van der Waals surface area contributed by atoms with Crippen LogP contribution in [0.1, 0.15) is 30.1 Å². The lowest BCUT2D eigenvalue weighted by Gasteiger charge is -2.10. The molecule has 0 saturated carbocycles. The van der Waals surface area contributed by atoms with Crippen LogP contribution in [0.15, 0.2) is 46.9 Å². The molecule has 0 bridgehead atoms. The Hall–Kier alpha value is -2.41. The number of amides is 2. The summed E-state index contributed by atoms with van der Waals surface area (Å²) < 4.78 is 18.9.